The summed E-state index contributed by atoms with van der Waals surface area (Å²) in [5.74, 6) is 1.40. The molecule has 3 heterocycles. The first kappa shape index (κ1) is 18.4. The van der Waals surface area contributed by atoms with Gasteiger partial charge in [0.15, 0.2) is 5.76 Å². The summed E-state index contributed by atoms with van der Waals surface area (Å²) in [5, 5.41) is 8.15. The Hall–Kier alpha value is -2.93. The Morgan fingerprint density at radius 2 is 2.21 bits per heavy atom. The molecule has 0 unspecified atom stereocenters. The predicted molar refractivity (Wildman–Crippen MR) is 105 cm³/mol. The van der Waals surface area contributed by atoms with Gasteiger partial charge in [-0.25, -0.2) is 0 Å². The number of likely N-dealkylation sites (tertiary alicyclic amines) is 1. The largest absolute Gasteiger partial charge is 0.451 e. The van der Waals surface area contributed by atoms with E-state index >= 15 is 0 Å². The van der Waals surface area contributed by atoms with E-state index in [0.717, 1.165) is 48.5 Å². The molecule has 0 radical (unpaired) electrons. The zero-order valence-electron chi connectivity index (χ0n) is 16.0. The van der Waals surface area contributed by atoms with E-state index in [9.17, 15) is 4.79 Å². The first-order valence-electron chi connectivity index (χ1n) is 9.67. The number of aryl methyl sites for hydroxylation is 1. The molecular formula is C21H25N5O2. The Labute approximate surface area is 164 Å². The minimum absolute atomic E-state index is 0.0511. The summed E-state index contributed by atoms with van der Waals surface area (Å²) >= 11 is 0. The number of hydrogen-bond acceptors (Lipinski definition) is 5. The lowest BCUT2D eigenvalue weighted by atomic mass is 9.98. The molecule has 7 heteroatoms. The summed E-state index contributed by atoms with van der Waals surface area (Å²) in [6.45, 7) is 4.61. The maximum atomic E-state index is 12.9. The molecule has 1 saturated heterocycles. The number of carbonyl (C=O) groups excluding carboxylic acids is 1. The van der Waals surface area contributed by atoms with E-state index in [-0.39, 0.29) is 5.91 Å². The third-order valence-electron chi connectivity index (χ3n) is 5.17. The summed E-state index contributed by atoms with van der Waals surface area (Å²) in [6.07, 6.45) is 3.91. The van der Waals surface area contributed by atoms with Crippen molar-refractivity contribution in [1.29, 1.82) is 0 Å². The van der Waals surface area contributed by atoms with E-state index in [1.54, 1.807) is 6.07 Å². The quantitative estimate of drug-likeness (QED) is 0.736. The summed E-state index contributed by atoms with van der Waals surface area (Å²) < 4.78 is 7.70. The predicted octanol–water partition coefficient (Wildman–Crippen LogP) is 2.86. The van der Waals surface area contributed by atoms with E-state index in [1.165, 1.54) is 0 Å². The van der Waals surface area contributed by atoms with Crippen molar-refractivity contribution < 1.29 is 9.21 Å². The van der Waals surface area contributed by atoms with Crippen molar-refractivity contribution in [2.45, 2.75) is 32.9 Å². The Balaban J connectivity index is 1.43. The molecule has 7 nitrogen and oxygen atoms in total. The Bertz CT molecular complexity index is 961. The average Bonchev–Trinajstić information content (AvgIpc) is 3.37. The fourth-order valence-corrected chi connectivity index (χ4v) is 3.75. The number of furan rings is 1. The van der Waals surface area contributed by atoms with Gasteiger partial charge in [0.2, 0.25) is 0 Å². The van der Waals surface area contributed by atoms with Crippen LogP contribution < -0.4 is 5.73 Å². The summed E-state index contributed by atoms with van der Waals surface area (Å²) in [7, 11) is 0. The van der Waals surface area contributed by atoms with Crippen molar-refractivity contribution in [2.24, 2.45) is 11.7 Å². The monoisotopic (exact) mass is 379 g/mol. The van der Waals surface area contributed by atoms with Crippen LogP contribution in [0.25, 0.3) is 11.3 Å². The molecule has 4 rings (SSSR count). The third kappa shape index (κ3) is 3.99. The standard InChI is InChI=1S/C21H25N5O2/c1-15-4-2-6-17(10-15)19-7-8-20(28-19)21(27)25-9-3-5-16(12-25)13-26-14-18(11-22)23-24-26/h2,4,6-8,10,14,16H,3,5,9,11-13,22H2,1H3/t16-/m0/s1. The van der Waals surface area contributed by atoms with Gasteiger partial charge in [-0.05, 0) is 43.9 Å². The van der Waals surface area contributed by atoms with Gasteiger partial charge < -0.3 is 15.1 Å². The molecule has 2 aromatic heterocycles. The average molecular weight is 379 g/mol. The second kappa shape index (κ2) is 7.98. The number of aromatic nitrogens is 3. The van der Waals surface area contributed by atoms with Crippen LogP contribution in [-0.2, 0) is 13.1 Å². The molecule has 1 aromatic carbocycles. The first-order valence-corrected chi connectivity index (χ1v) is 9.67. The zero-order valence-corrected chi connectivity index (χ0v) is 16.0. The number of carbonyl (C=O) groups is 1. The van der Waals surface area contributed by atoms with Crippen LogP contribution in [0.1, 0.15) is 34.7 Å². The maximum Gasteiger partial charge on any atom is 0.289 e. The lowest BCUT2D eigenvalue weighted by Crippen LogP contribution is -2.41. The van der Waals surface area contributed by atoms with Crippen molar-refractivity contribution >= 4 is 5.91 Å². The molecule has 2 N–H and O–H groups in total. The van der Waals surface area contributed by atoms with E-state index in [0.29, 0.717) is 24.8 Å². The van der Waals surface area contributed by atoms with E-state index < -0.39 is 0 Å². The lowest BCUT2D eigenvalue weighted by molar-refractivity contribution is 0.0628. The highest BCUT2D eigenvalue weighted by Crippen LogP contribution is 2.25. The summed E-state index contributed by atoms with van der Waals surface area (Å²) in [5.41, 5.74) is 8.52. The normalized spacial score (nSPS) is 17.1. The fraction of sp³-hybridized carbons (Fsp3) is 0.381. The minimum atomic E-state index is -0.0511. The second-order valence-corrected chi connectivity index (χ2v) is 7.43. The smallest absolute Gasteiger partial charge is 0.289 e. The number of nitrogens with two attached hydrogens (primary N) is 1. The highest BCUT2D eigenvalue weighted by Gasteiger charge is 2.27. The number of nitrogens with zero attached hydrogens (tertiary/aromatic N) is 4. The van der Waals surface area contributed by atoms with Gasteiger partial charge in [0, 0.05) is 37.9 Å². The maximum absolute atomic E-state index is 12.9. The van der Waals surface area contributed by atoms with Crippen LogP contribution in [0.5, 0.6) is 0 Å². The van der Waals surface area contributed by atoms with Gasteiger partial charge in [0.1, 0.15) is 5.76 Å². The number of rotatable bonds is 5. The zero-order chi connectivity index (χ0) is 19.5. The van der Waals surface area contributed by atoms with Crippen molar-refractivity contribution in [3.63, 3.8) is 0 Å². The fourth-order valence-electron chi connectivity index (χ4n) is 3.75. The van der Waals surface area contributed by atoms with E-state index in [1.807, 2.05) is 47.0 Å². The van der Waals surface area contributed by atoms with Gasteiger partial charge in [-0.2, -0.15) is 0 Å². The van der Waals surface area contributed by atoms with Gasteiger partial charge in [0.05, 0.1) is 5.69 Å². The van der Waals surface area contributed by atoms with Gasteiger partial charge in [-0.3, -0.25) is 9.48 Å². The van der Waals surface area contributed by atoms with E-state index in [2.05, 4.69) is 16.4 Å². The molecule has 1 atom stereocenters. The van der Waals surface area contributed by atoms with Crippen LogP contribution in [0.2, 0.25) is 0 Å². The molecule has 1 aliphatic rings. The molecule has 28 heavy (non-hydrogen) atoms. The van der Waals surface area contributed by atoms with Crippen molar-refractivity contribution in [2.75, 3.05) is 13.1 Å². The highest BCUT2D eigenvalue weighted by molar-refractivity contribution is 5.92. The molecule has 1 aliphatic heterocycles. The van der Waals surface area contributed by atoms with Crippen molar-refractivity contribution in [3.8, 4) is 11.3 Å². The molecular weight excluding hydrogens is 354 g/mol. The molecule has 1 fully saturated rings. The number of hydrogen-bond donors (Lipinski definition) is 1. The number of piperidine rings is 1. The molecule has 0 aliphatic carbocycles. The van der Waals surface area contributed by atoms with Crippen LogP contribution >= 0.6 is 0 Å². The first-order chi connectivity index (χ1) is 13.6. The molecule has 0 saturated carbocycles. The topological polar surface area (TPSA) is 90.2 Å². The Morgan fingerprint density at radius 1 is 1.32 bits per heavy atom. The summed E-state index contributed by atoms with van der Waals surface area (Å²) in [6, 6.07) is 11.7. The molecule has 146 valence electrons. The third-order valence-corrected chi connectivity index (χ3v) is 5.17. The van der Waals surface area contributed by atoms with Gasteiger partial charge in [0.25, 0.3) is 5.91 Å². The Kier molecular flexibility index (Phi) is 5.25. The Morgan fingerprint density at radius 3 is 3.00 bits per heavy atom. The van der Waals surface area contributed by atoms with Crippen LogP contribution in [0, 0.1) is 12.8 Å². The molecule has 3 aromatic rings. The van der Waals surface area contributed by atoms with Crippen LogP contribution in [0.15, 0.2) is 47.0 Å². The lowest BCUT2D eigenvalue weighted by Gasteiger charge is -2.32. The highest BCUT2D eigenvalue weighted by atomic mass is 16.4. The van der Waals surface area contributed by atoms with E-state index in [4.69, 9.17) is 10.2 Å². The van der Waals surface area contributed by atoms with Crippen molar-refractivity contribution in [1.82, 2.24) is 19.9 Å². The van der Waals surface area contributed by atoms with Crippen LogP contribution in [0.3, 0.4) is 0 Å². The number of amides is 1. The van der Waals surface area contributed by atoms with Gasteiger partial charge in [-0.15, -0.1) is 5.10 Å². The molecule has 1 amide bonds. The van der Waals surface area contributed by atoms with Crippen LogP contribution in [-0.4, -0.2) is 38.9 Å². The van der Waals surface area contributed by atoms with Gasteiger partial charge in [-0.1, -0.05) is 29.0 Å². The second-order valence-electron chi connectivity index (χ2n) is 7.43. The van der Waals surface area contributed by atoms with Crippen molar-refractivity contribution in [3.05, 3.63) is 59.6 Å². The SMILES string of the molecule is Cc1cccc(-c2ccc(C(=O)N3CCC[C@H](Cn4cc(CN)nn4)C3)o2)c1. The van der Waals surface area contributed by atoms with Crippen LogP contribution in [0.4, 0.5) is 0 Å². The minimum Gasteiger partial charge on any atom is -0.451 e. The van der Waals surface area contributed by atoms with Gasteiger partial charge >= 0.3 is 0 Å². The number of benzene rings is 1. The molecule has 0 bridgehead atoms. The molecule has 0 spiro atoms. The summed E-state index contributed by atoms with van der Waals surface area (Å²) in [4.78, 5) is 14.8.